The first-order valence-corrected chi connectivity index (χ1v) is 6.38. The number of aryl methyl sites for hydroxylation is 2. The smallest absolute Gasteiger partial charge is 0.157 e. The average Bonchev–Trinajstić information content (AvgIpc) is 2.85. The van der Waals surface area contributed by atoms with E-state index in [9.17, 15) is 0 Å². The van der Waals surface area contributed by atoms with Crippen LogP contribution >= 0.6 is 0 Å². The number of nitriles is 1. The molecule has 2 aromatic rings. The third-order valence-electron chi connectivity index (χ3n) is 2.93. The molecule has 4 heteroatoms. The predicted molar refractivity (Wildman–Crippen MR) is 72.7 cm³/mol. The van der Waals surface area contributed by atoms with Crippen LogP contribution in [0.3, 0.4) is 0 Å². The van der Waals surface area contributed by atoms with Crippen LogP contribution < -0.4 is 4.74 Å². The van der Waals surface area contributed by atoms with E-state index in [4.69, 9.17) is 10.00 Å². The standard InChI is InChI=1S/C15H17N3O/c1-3-6-18-10-15(9-17-18)19-11-14-5-4-13(8-16)7-12(14)2/h4-5,7,9-10H,3,6,11H2,1-2H3. The van der Waals surface area contributed by atoms with Crippen LogP contribution in [0.15, 0.2) is 30.6 Å². The van der Waals surface area contributed by atoms with Gasteiger partial charge in [-0.15, -0.1) is 0 Å². The van der Waals surface area contributed by atoms with E-state index in [0.717, 1.165) is 29.8 Å². The molecule has 0 saturated heterocycles. The van der Waals surface area contributed by atoms with Crippen molar-refractivity contribution in [2.24, 2.45) is 0 Å². The van der Waals surface area contributed by atoms with Crippen molar-refractivity contribution in [3.05, 3.63) is 47.3 Å². The lowest BCUT2D eigenvalue weighted by Crippen LogP contribution is -1.98. The number of nitrogens with zero attached hydrogens (tertiary/aromatic N) is 3. The van der Waals surface area contributed by atoms with Gasteiger partial charge in [-0.3, -0.25) is 4.68 Å². The Morgan fingerprint density at radius 1 is 1.42 bits per heavy atom. The van der Waals surface area contributed by atoms with Crippen molar-refractivity contribution in [3.8, 4) is 11.8 Å². The molecule has 19 heavy (non-hydrogen) atoms. The van der Waals surface area contributed by atoms with Gasteiger partial charge in [-0.1, -0.05) is 13.0 Å². The van der Waals surface area contributed by atoms with Crippen LogP contribution in [-0.2, 0) is 13.2 Å². The van der Waals surface area contributed by atoms with Crippen molar-refractivity contribution >= 4 is 0 Å². The molecule has 0 aliphatic rings. The minimum absolute atomic E-state index is 0.495. The third-order valence-corrected chi connectivity index (χ3v) is 2.93. The summed E-state index contributed by atoms with van der Waals surface area (Å²) in [6.07, 6.45) is 4.69. The first-order chi connectivity index (χ1) is 9.22. The fraction of sp³-hybridized carbons (Fsp3) is 0.333. The average molecular weight is 255 g/mol. The van der Waals surface area contributed by atoms with Crippen molar-refractivity contribution < 1.29 is 4.74 Å². The highest BCUT2D eigenvalue weighted by molar-refractivity contribution is 5.37. The second kappa shape index (κ2) is 6.05. The molecule has 0 fully saturated rings. The zero-order valence-corrected chi connectivity index (χ0v) is 11.3. The fourth-order valence-corrected chi connectivity index (χ4v) is 1.86. The van der Waals surface area contributed by atoms with Crippen LogP contribution in [0, 0.1) is 18.3 Å². The summed E-state index contributed by atoms with van der Waals surface area (Å²) in [4.78, 5) is 0. The number of hydrogen-bond acceptors (Lipinski definition) is 3. The molecule has 0 amide bonds. The maximum atomic E-state index is 8.82. The first kappa shape index (κ1) is 13.2. The zero-order chi connectivity index (χ0) is 13.7. The van der Waals surface area contributed by atoms with E-state index < -0.39 is 0 Å². The summed E-state index contributed by atoms with van der Waals surface area (Å²) in [5, 5.41) is 13.0. The van der Waals surface area contributed by atoms with E-state index in [0.29, 0.717) is 12.2 Å². The van der Waals surface area contributed by atoms with Gasteiger partial charge in [-0.05, 0) is 36.6 Å². The molecule has 1 aromatic carbocycles. The van der Waals surface area contributed by atoms with Crippen molar-refractivity contribution in [2.75, 3.05) is 0 Å². The predicted octanol–water partition coefficient (Wildman–Crippen LogP) is 3.05. The lowest BCUT2D eigenvalue weighted by atomic mass is 10.1. The zero-order valence-electron chi connectivity index (χ0n) is 11.3. The highest BCUT2D eigenvalue weighted by Gasteiger charge is 2.03. The fourth-order valence-electron chi connectivity index (χ4n) is 1.86. The van der Waals surface area contributed by atoms with Gasteiger partial charge in [0, 0.05) is 6.54 Å². The number of aromatic nitrogens is 2. The molecule has 0 atom stereocenters. The van der Waals surface area contributed by atoms with Gasteiger partial charge in [0.05, 0.1) is 24.0 Å². The lowest BCUT2D eigenvalue weighted by molar-refractivity contribution is 0.305. The van der Waals surface area contributed by atoms with Gasteiger partial charge in [-0.25, -0.2) is 0 Å². The van der Waals surface area contributed by atoms with Gasteiger partial charge >= 0.3 is 0 Å². The summed E-state index contributed by atoms with van der Waals surface area (Å²) in [6, 6.07) is 7.75. The van der Waals surface area contributed by atoms with Crippen LogP contribution in [0.25, 0.3) is 0 Å². The molecular formula is C15H17N3O. The molecule has 0 radical (unpaired) electrons. The number of hydrogen-bond donors (Lipinski definition) is 0. The summed E-state index contributed by atoms with van der Waals surface area (Å²) in [7, 11) is 0. The Bertz CT molecular complexity index is 596. The molecule has 4 nitrogen and oxygen atoms in total. The Morgan fingerprint density at radius 3 is 2.95 bits per heavy atom. The van der Waals surface area contributed by atoms with Crippen LogP contribution in [0.1, 0.15) is 30.0 Å². The monoisotopic (exact) mass is 255 g/mol. The molecule has 2 rings (SSSR count). The molecule has 1 heterocycles. The lowest BCUT2D eigenvalue weighted by Gasteiger charge is -2.07. The van der Waals surface area contributed by atoms with Crippen LogP contribution in [0.5, 0.6) is 5.75 Å². The largest absolute Gasteiger partial charge is 0.486 e. The van der Waals surface area contributed by atoms with Crippen molar-refractivity contribution in [1.82, 2.24) is 9.78 Å². The quantitative estimate of drug-likeness (QED) is 0.825. The maximum Gasteiger partial charge on any atom is 0.157 e. The Morgan fingerprint density at radius 2 is 2.26 bits per heavy atom. The minimum atomic E-state index is 0.495. The van der Waals surface area contributed by atoms with E-state index in [1.54, 1.807) is 6.20 Å². The number of benzene rings is 1. The summed E-state index contributed by atoms with van der Waals surface area (Å²) >= 11 is 0. The summed E-state index contributed by atoms with van der Waals surface area (Å²) < 4.78 is 7.58. The Kier molecular flexibility index (Phi) is 4.19. The Balaban J connectivity index is 2.00. The maximum absolute atomic E-state index is 8.82. The van der Waals surface area contributed by atoms with Gasteiger partial charge < -0.3 is 4.74 Å². The van der Waals surface area contributed by atoms with Crippen molar-refractivity contribution in [2.45, 2.75) is 33.4 Å². The van der Waals surface area contributed by atoms with E-state index >= 15 is 0 Å². The van der Waals surface area contributed by atoms with Crippen LogP contribution in [0.2, 0.25) is 0 Å². The van der Waals surface area contributed by atoms with E-state index in [-0.39, 0.29) is 0 Å². The summed E-state index contributed by atoms with van der Waals surface area (Å²) in [6.45, 7) is 5.50. The summed E-state index contributed by atoms with van der Waals surface area (Å²) in [5.41, 5.74) is 2.83. The van der Waals surface area contributed by atoms with Gasteiger partial charge in [-0.2, -0.15) is 10.4 Å². The van der Waals surface area contributed by atoms with Crippen molar-refractivity contribution in [3.63, 3.8) is 0 Å². The highest BCUT2D eigenvalue weighted by atomic mass is 16.5. The molecule has 0 saturated carbocycles. The molecule has 98 valence electrons. The second-order valence-electron chi connectivity index (χ2n) is 4.48. The number of ether oxygens (including phenoxy) is 1. The van der Waals surface area contributed by atoms with Crippen LogP contribution in [0.4, 0.5) is 0 Å². The highest BCUT2D eigenvalue weighted by Crippen LogP contribution is 2.15. The van der Waals surface area contributed by atoms with Gasteiger partial charge in [0.2, 0.25) is 0 Å². The molecule has 0 N–H and O–H groups in total. The molecular weight excluding hydrogens is 238 g/mol. The Labute approximate surface area is 113 Å². The third kappa shape index (κ3) is 3.35. The SMILES string of the molecule is CCCn1cc(OCc2ccc(C#N)cc2C)cn1. The van der Waals surface area contributed by atoms with Crippen LogP contribution in [-0.4, -0.2) is 9.78 Å². The molecule has 0 bridgehead atoms. The second-order valence-corrected chi connectivity index (χ2v) is 4.48. The summed E-state index contributed by atoms with van der Waals surface area (Å²) in [5.74, 6) is 0.775. The molecule has 0 spiro atoms. The minimum Gasteiger partial charge on any atom is -0.486 e. The molecule has 0 aliphatic carbocycles. The molecule has 0 aliphatic heterocycles. The molecule has 0 unspecified atom stereocenters. The molecule has 1 aromatic heterocycles. The topological polar surface area (TPSA) is 50.8 Å². The number of rotatable bonds is 5. The van der Waals surface area contributed by atoms with E-state index in [1.165, 1.54) is 0 Å². The van der Waals surface area contributed by atoms with Gasteiger partial charge in [0.25, 0.3) is 0 Å². The normalized spacial score (nSPS) is 10.2. The first-order valence-electron chi connectivity index (χ1n) is 6.38. The van der Waals surface area contributed by atoms with Gasteiger partial charge in [0.15, 0.2) is 5.75 Å². The Hall–Kier alpha value is -2.28. The van der Waals surface area contributed by atoms with Gasteiger partial charge in [0.1, 0.15) is 6.61 Å². The van der Waals surface area contributed by atoms with E-state index in [1.807, 2.05) is 36.0 Å². The van der Waals surface area contributed by atoms with E-state index in [2.05, 4.69) is 18.1 Å². The van der Waals surface area contributed by atoms with Crippen molar-refractivity contribution in [1.29, 1.82) is 5.26 Å².